The molecule has 0 aliphatic carbocycles. The van der Waals surface area contributed by atoms with Crippen molar-refractivity contribution >= 4 is 0 Å². The molecular formula is C12H14N2O. The third-order valence-corrected chi connectivity index (χ3v) is 2.33. The minimum atomic E-state index is 0.278. The maximum absolute atomic E-state index is 9.64. The third-order valence-electron chi connectivity index (χ3n) is 2.33. The summed E-state index contributed by atoms with van der Waals surface area (Å²) in [7, 11) is 0. The van der Waals surface area contributed by atoms with E-state index in [0.717, 1.165) is 24.2 Å². The van der Waals surface area contributed by atoms with E-state index < -0.39 is 0 Å². The van der Waals surface area contributed by atoms with Gasteiger partial charge in [-0.25, -0.2) is 4.68 Å². The second-order valence-corrected chi connectivity index (χ2v) is 3.47. The molecule has 0 saturated carbocycles. The lowest BCUT2D eigenvalue weighted by Crippen LogP contribution is -2.01. The number of hydrogen-bond acceptors (Lipinski definition) is 2. The Morgan fingerprint density at radius 1 is 1.27 bits per heavy atom. The molecule has 15 heavy (non-hydrogen) atoms. The van der Waals surface area contributed by atoms with E-state index in [1.807, 2.05) is 30.3 Å². The van der Waals surface area contributed by atoms with Gasteiger partial charge in [-0.1, -0.05) is 31.5 Å². The highest BCUT2D eigenvalue weighted by Gasteiger charge is 2.09. The van der Waals surface area contributed by atoms with Crippen LogP contribution in [0.15, 0.2) is 36.5 Å². The van der Waals surface area contributed by atoms with Crippen LogP contribution in [0.3, 0.4) is 0 Å². The van der Waals surface area contributed by atoms with Crippen molar-refractivity contribution in [2.75, 3.05) is 0 Å². The fourth-order valence-corrected chi connectivity index (χ4v) is 1.63. The lowest BCUT2D eigenvalue weighted by atomic mass is 10.2. The third kappa shape index (κ3) is 1.86. The van der Waals surface area contributed by atoms with Crippen molar-refractivity contribution in [1.82, 2.24) is 9.78 Å². The first-order chi connectivity index (χ1) is 7.33. The molecule has 0 amide bonds. The average Bonchev–Trinajstić information content (AvgIpc) is 2.63. The van der Waals surface area contributed by atoms with Crippen LogP contribution < -0.4 is 0 Å². The van der Waals surface area contributed by atoms with Crippen molar-refractivity contribution in [2.45, 2.75) is 19.8 Å². The van der Waals surface area contributed by atoms with Crippen molar-refractivity contribution in [3.63, 3.8) is 0 Å². The van der Waals surface area contributed by atoms with Crippen LogP contribution in [0.2, 0.25) is 0 Å². The van der Waals surface area contributed by atoms with Crippen LogP contribution in [-0.2, 0) is 6.42 Å². The first-order valence-corrected chi connectivity index (χ1v) is 5.14. The molecule has 0 saturated heterocycles. The summed E-state index contributed by atoms with van der Waals surface area (Å²) in [6, 6.07) is 9.84. The Morgan fingerprint density at radius 3 is 2.67 bits per heavy atom. The van der Waals surface area contributed by atoms with E-state index >= 15 is 0 Å². The number of aromatic nitrogens is 2. The molecule has 0 spiro atoms. The maximum Gasteiger partial charge on any atom is 0.157 e. The molecule has 0 fully saturated rings. The molecule has 3 heteroatoms. The van der Waals surface area contributed by atoms with E-state index in [1.165, 1.54) is 6.20 Å². The zero-order chi connectivity index (χ0) is 10.7. The van der Waals surface area contributed by atoms with Gasteiger partial charge in [0.15, 0.2) is 5.75 Å². The molecular weight excluding hydrogens is 188 g/mol. The largest absolute Gasteiger partial charge is 0.504 e. The van der Waals surface area contributed by atoms with Gasteiger partial charge >= 0.3 is 0 Å². The normalized spacial score (nSPS) is 10.5. The Kier molecular flexibility index (Phi) is 2.72. The van der Waals surface area contributed by atoms with Gasteiger partial charge in [-0.3, -0.25) is 0 Å². The molecule has 0 radical (unpaired) electrons. The Hall–Kier alpha value is -1.77. The van der Waals surface area contributed by atoms with Gasteiger partial charge < -0.3 is 5.11 Å². The minimum Gasteiger partial charge on any atom is -0.504 e. The zero-order valence-corrected chi connectivity index (χ0v) is 8.72. The average molecular weight is 202 g/mol. The molecule has 2 aromatic rings. The highest BCUT2D eigenvalue weighted by molar-refractivity contribution is 5.36. The quantitative estimate of drug-likeness (QED) is 0.830. The molecule has 1 aromatic heterocycles. The molecule has 0 bridgehead atoms. The lowest BCUT2D eigenvalue weighted by molar-refractivity contribution is 0.466. The first-order valence-electron chi connectivity index (χ1n) is 5.14. The Balaban J connectivity index is 2.44. The Bertz CT molecular complexity index is 434. The monoisotopic (exact) mass is 202 g/mol. The predicted octanol–water partition coefficient (Wildman–Crippen LogP) is 2.53. The summed E-state index contributed by atoms with van der Waals surface area (Å²) in [5, 5.41) is 13.8. The minimum absolute atomic E-state index is 0.278. The predicted molar refractivity (Wildman–Crippen MR) is 59.2 cm³/mol. The van der Waals surface area contributed by atoms with Gasteiger partial charge in [0.25, 0.3) is 0 Å². The molecule has 1 aromatic carbocycles. The van der Waals surface area contributed by atoms with Crippen molar-refractivity contribution in [2.24, 2.45) is 0 Å². The van der Waals surface area contributed by atoms with Gasteiger partial charge in [-0.05, 0) is 18.6 Å². The number of hydrogen-bond donors (Lipinski definition) is 1. The Morgan fingerprint density at radius 2 is 2.00 bits per heavy atom. The number of benzene rings is 1. The molecule has 0 aliphatic heterocycles. The number of nitrogens with zero attached hydrogens (tertiary/aromatic N) is 2. The smallest absolute Gasteiger partial charge is 0.157 e. The van der Waals surface area contributed by atoms with E-state index in [1.54, 1.807) is 4.68 Å². The SMILES string of the molecule is CCCc1c(O)cnn1-c1ccccc1. The van der Waals surface area contributed by atoms with Gasteiger partial charge in [-0.2, -0.15) is 5.10 Å². The molecule has 0 atom stereocenters. The summed E-state index contributed by atoms with van der Waals surface area (Å²) in [5.74, 6) is 0.278. The van der Waals surface area contributed by atoms with Crippen LogP contribution in [-0.4, -0.2) is 14.9 Å². The fraction of sp³-hybridized carbons (Fsp3) is 0.250. The number of aromatic hydroxyl groups is 1. The zero-order valence-electron chi connectivity index (χ0n) is 8.72. The van der Waals surface area contributed by atoms with E-state index in [9.17, 15) is 5.11 Å². The standard InChI is InChI=1S/C12H14N2O/c1-2-6-11-12(15)9-13-14(11)10-7-4-3-5-8-10/h3-5,7-9,15H,2,6H2,1H3. The summed E-state index contributed by atoms with van der Waals surface area (Å²) in [6.07, 6.45) is 3.32. The van der Waals surface area contributed by atoms with Crippen LogP contribution in [0.1, 0.15) is 19.0 Å². The van der Waals surface area contributed by atoms with Crippen molar-refractivity contribution in [3.05, 3.63) is 42.2 Å². The van der Waals surface area contributed by atoms with E-state index in [4.69, 9.17) is 0 Å². The van der Waals surface area contributed by atoms with Crippen molar-refractivity contribution in [1.29, 1.82) is 0 Å². The van der Waals surface area contributed by atoms with Crippen LogP contribution in [0.4, 0.5) is 0 Å². The van der Waals surface area contributed by atoms with E-state index in [-0.39, 0.29) is 5.75 Å². The second-order valence-electron chi connectivity index (χ2n) is 3.47. The lowest BCUT2D eigenvalue weighted by Gasteiger charge is -2.06. The van der Waals surface area contributed by atoms with Crippen LogP contribution >= 0.6 is 0 Å². The molecule has 1 heterocycles. The summed E-state index contributed by atoms with van der Waals surface area (Å²) in [6.45, 7) is 2.09. The molecule has 0 aliphatic rings. The van der Waals surface area contributed by atoms with E-state index in [0.29, 0.717) is 0 Å². The summed E-state index contributed by atoms with van der Waals surface area (Å²) in [4.78, 5) is 0. The number of rotatable bonds is 3. The van der Waals surface area contributed by atoms with Gasteiger partial charge in [0.05, 0.1) is 17.6 Å². The fourth-order valence-electron chi connectivity index (χ4n) is 1.63. The molecule has 78 valence electrons. The van der Waals surface area contributed by atoms with Gasteiger partial charge in [0.2, 0.25) is 0 Å². The Labute approximate surface area is 89.0 Å². The van der Waals surface area contributed by atoms with Crippen molar-refractivity contribution < 1.29 is 5.11 Å². The molecule has 2 rings (SSSR count). The van der Waals surface area contributed by atoms with Gasteiger partial charge in [0, 0.05) is 0 Å². The van der Waals surface area contributed by atoms with Crippen LogP contribution in [0.5, 0.6) is 5.75 Å². The highest BCUT2D eigenvalue weighted by Crippen LogP contribution is 2.21. The van der Waals surface area contributed by atoms with E-state index in [2.05, 4.69) is 12.0 Å². The van der Waals surface area contributed by atoms with Crippen molar-refractivity contribution in [3.8, 4) is 11.4 Å². The maximum atomic E-state index is 9.64. The molecule has 3 nitrogen and oxygen atoms in total. The van der Waals surface area contributed by atoms with Crippen LogP contribution in [0, 0.1) is 0 Å². The highest BCUT2D eigenvalue weighted by atomic mass is 16.3. The summed E-state index contributed by atoms with van der Waals surface area (Å²) in [5.41, 5.74) is 1.87. The van der Waals surface area contributed by atoms with Gasteiger partial charge in [-0.15, -0.1) is 0 Å². The second kappa shape index (κ2) is 4.17. The number of para-hydroxylation sites is 1. The molecule has 0 unspecified atom stereocenters. The summed E-state index contributed by atoms with van der Waals surface area (Å²) >= 11 is 0. The first kappa shape index (κ1) is 9.77. The summed E-state index contributed by atoms with van der Waals surface area (Å²) < 4.78 is 1.79. The topological polar surface area (TPSA) is 38.1 Å². The molecule has 1 N–H and O–H groups in total. The van der Waals surface area contributed by atoms with Crippen LogP contribution in [0.25, 0.3) is 5.69 Å². The van der Waals surface area contributed by atoms with Gasteiger partial charge in [0.1, 0.15) is 0 Å².